The first-order valence-electron chi connectivity index (χ1n) is 9.47. The van der Waals surface area contributed by atoms with Crippen LogP contribution in [0.25, 0.3) is 0 Å². The van der Waals surface area contributed by atoms with Gasteiger partial charge in [-0.05, 0) is 37.1 Å². The lowest BCUT2D eigenvalue weighted by molar-refractivity contribution is -0.122. The number of anilines is 1. The number of rotatable bonds is 5. The molecule has 2 aromatic rings. The number of ether oxygens (including phenoxy) is 1. The van der Waals surface area contributed by atoms with Gasteiger partial charge in [-0.2, -0.15) is 9.40 Å². The second-order valence-corrected chi connectivity index (χ2v) is 9.34. The van der Waals surface area contributed by atoms with Crippen molar-refractivity contribution >= 4 is 21.7 Å². The molecule has 156 valence electrons. The van der Waals surface area contributed by atoms with Gasteiger partial charge in [0.05, 0.1) is 36.2 Å². The van der Waals surface area contributed by atoms with Crippen molar-refractivity contribution in [2.45, 2.75) is 29.7 Å². The number of aromatic nitrogens is 2. The van der Waals surface area contributed by atoms with E-state index in [9.17, 15) is 17.6 Å². The molecule has 0 unspecified atom stereocenters. The van der Waals surface area contributed by atoms with E-state index in [1.807, 2.05) is 4.68 Å². The lowest BCUT2D eigenvalue weighted by atomic mass is 9.83. The van der Waals surface area contributed by atoms with Gasteiger partial charge in [-0.15, -0.1) is 0 Å². The summed E-state index contributed by atoms with van der Waals surface area (Å²) in [5.41, 5.74) is -0.533. The molecule has 3 heterocycles. The fourth-order valence-electron chi connectivity index (χ4n) is 4.15. The van der Waals surface area contributed by atoms with Crippen molar-refractivity contribution in [1.82, 2.24) is 14.1 Å². The zero-order valence-corrected chi connectivity index (χ0v) is 16.9. The molecule has 0 bridgehead atoms. The summed E-state index contributed by atoms with van der Waals surface area (Å²) in [6, 6.07) is 6.64. The molecule has 2 aliphatic rings. The SMILES string of the molecule is COCCN1C(=O)CC2(CCN(S(=O)(=O)c3ccc(F)cc3)CC2)n2nccc21. The van der Waals surface area contributed by atoms with Crippen molar-refractivity contribution in [1.29, 1.82) is 0 Å². The summed E-state index contributed by atoms with van der Waals surface area (Å²) in [4.78, 5) is 14.6. The standard InChI is InChI=1S/C19H23FN4O4S/c1-28-13-12-23-17-6-9-21-24(17)19(14-18(23)25)7-10-22(11-8-19)29(26,27)16-4-2-15(20)3-5-16/h2-6,9H,7-8,10-14H2,1H3. The normalized spacial score (nSPS) is 19.5. The van der Waals surface area contributed by atoms with Gasteiger partial charge in [0.2, 0.25) is 15.9 Å². The third-order valence-electron chi connectivity index (χ3n) is 5.75. The predicted octanol–water partition coefficient (Wildman–Crippen LogP) is 1.59. The van der Waals surface area contributed by atoms with Crippen LogP contribution in [0.4, 0.5) is 10.2 Å². The van der Waals surface area contributed by atoms with E-state index in [-0.39, 0.29) is 30.3 Å². The molecule has 1 aromatic heterocycles. The first kappa shape index (κ1) is 20.0. The smallest absolute Gasteiger partial charge is 0.243 e. The number of hydrogen-bond donors (Lipinski definition) is 0. The van der Waals surface area contributed by atoms with Crippen LogP contribution in [0.1, 0.15) is 19.3 Å². The Hall–Kier alpha value is -2.30. The molecular weight excluding hydrogens is 399 g/mol. The summed E-state index contributed by atoms with van der Waals surface area (Å²) in [5, 5.41) is 4.45. The second kappa shape index (κ2) is 7.51. The van der Waals surface area contributed by atoms with Crippen molar-refractivity contribution in [2.24, 2.45) is 0 Å². The van der Waals surface area contributed by atoms with Crippen LogP contribution >= 0.6 is 0 Å². The number of halogens is 1. The maximum atomic E-state index is 13.1. The van der Waals surface area contributed by atoms with E-state index < -0.39 is 21.4 Å². The van der Waals surface area contributed by atoms with Gasteiger partial charge in [0, 0.05) is 26.3 Å². The Balaban J connectivity index is 1.55. The number of amides is 1. The Bertz CT molecular complexity index is 997. The second-order valence-electron chi connectivity index (χ2n) is 7.40. The van der Waals surface area contributed by atoms with Gasteiger partial charge in [-0.25, -0.2) is 17.5 Å². The first-order valence-corrected chi connectivity index (χ1v) is 10.9. The van der Waals surface area contributed by atoms with Crippen LogP contribution in [0, 0.1) is 5.82 Å². The van der Waals surface area contributed by atoms with Crippen LogP contribution < -0.4 is 4.90 Å². The molecule has 0 N–H and O–H groups in total. The summed E-state index contributed by atoms with van der Waals surface area (Å²) < 4.78 is 47.3. The van der Waals surface area contributed by atoms with E-state index >= 15 is 0 Å². The summed E-state index contributed by atoms with van der Waals surface area (Å²) in [7, 11) is -2.12. The zero-order chi connectivity index (χ0) is 20.6. The maximum Gasteiger partial charge on any atom is 0.243 e. The van der Waals surface area contributed by atoms with Gasteiger partial charge < -0.3 is 4.74 Å². The largest absolute Gasteiger partial charge is 0.383 e. The quantitative estimate of drug-likeness (QED) is 0.731. The lowest BCUT2D eigenvalue weighted by Gasteiger charge is -2.46. The van der Waals surface area contributed by atoms with E-state index in [1.54, 1.807) is 24.3 Å². The molecule has 1 fully saturated rings. The Morgan fingerprint density at radius 1 is 1.17 bits per heavy atom. The molecule has 2 aliphatic heterocycles. The number of sulfonamides is 1. The third kappa shape index (κ3) is 3.45. The average Bonchev–Trinajstić information content (AvgIpc) is 3.19. The molecule has 0 atom stereocenters. The monoisotopic (exact) mass is 422 g/mol. The van der Waals surface area contributed by atoms with Crippen molar-refractivity contribution in [3.05, 3.63) is 42.3 Å². The fraction of sp³-hybridized carbons (Fsp3) is 0.474. The Labute approximate surface area is 168 Å². The van der Waals surface area contributed by atoms with E-state index in [2.05, 4.69) is 5.10 Å². The summed E-state index contributed by atoms with van der Waals surface area (Å²) in [5.74, 6) is 0.226. The van der Waals surface area contributed by atoms with E-state index in [0.29, 0.717) is 31.8 Å². The van der Waals surface area contributed by atoms with Gasteiger partial charge in [0.15, 0.2) is 0 Å². The Morgan fingerprint density at radius 3 is 2.52 bits per heavy atom. The molecule has 1 aromatic carbocycles. The third-order valence-corrected chi connectivity index (χ3v) is 7.67. The summed E-state index contributed by atoms with van der Waals surface area (Å²) in [6.07, 6.45) is 2.89. The first-order chi connectivity index (χ1) is 13.9. The van der Waals surface area contributed by atoms with Crippen LogP contribution in [-0.4, -0.2) is 61.8 Å². The minimum absolute atomic E-state index is 0.00936. The zero-order valence-electron chi connectivity index (χ0n) is 16.1. The Morgan fingerprint density at radius 2 is 1.86 bits per heavy atom. The molecule has 10 heteroatoms. The molecule has 1 spiro atoms. The van der Waals surface area contributed by atoms with Gasteiger partial charge >= 0.3 is 0 Å². The number of benzene rings is 1. The number of carbonyl (C=O) groups is 1. The number of methoxy groups -OCH3 is 1. The van der Waals surface area contributed by atoms with Crippen LogP contribution in [0.2, 0.25) is 0 Å². The number of carbonyl (C=O) groups excluding carboxylic acids is 1. The number of fused-ring (bicyclic) bond motifs is 2. The molecule has 0 radical (unpaired) electrons. The summed E-state index contributed by atoms with van der Waals surface area (Å²) in [6.45, 7) is 1.41. The molecule has 1 saturated heterocycles. The van der Waals surface area contributed by atoms with E-state index in [4.69, 9.17) is 4.74 Å². The Kier molecular flexibility index (Phi) is 5.18. The fourth-order valence-corrected chi connectivity index (χ4v) is 5.60. The van der Waals surface area contributed by atoms with Crippen molar-refractivity contribution in [3.8, 4) is 0 Å². The number of piperidine rings is 1. The molecular formula is C19H23FN4O4S. The molecule has 29 heavy (non-hydrogen) atoms. The minimum Gasteiger partial charge on any atom is -0.383 e. The van der Waals surface area contributed by atoms with Crippen molar-refractivity contribution in [2.75, 3.05) is 38.3 Å². The molecule has 8 nitrogen and oxygen atoms in total. The van der Waals surface area contributed by atoms with Crippen LogP contribution in [0.5, 0.6) is 0 Å². The maximum absolute atomic E-state index is 13.1. The predicted molar refractivity (Wildman–Crippen MR) is 103 cm³/mol. The van der Waals surface area contributed by atoms with Crippen molar-refractivity contribution in [3.63, 3.8) is 0 Å². The highest BCUT2D eigenvalue weighted by Gasteiger charge is 2.47. The van der Waals surface area contributed by atoms with Crippen LogP contribution in [0.15, 0.2) is 41.4 Å². The number of hydrogen-bond acceptors (Lipinski definition) is 5. The molecule has 4 rings (SSSR count). The highest BCUT2D eigenvalue weighted by molar-refractivity contribution is 7.89. The average molecular weight is 422 g/mol. The molecule has 0 saturated carbocycles. The molecule has 0 aliphatic carbocycles. The van der Waals surface area contributed by atoms with Crippen LogP contribution in [-0.2, 0) is 25.1 Å². The minimum atomic E-state index is -3.71. The van der Waals surface area contributed by atoms with Crippen molar-refractivity contribution < 1.29 is 22.3 Å². The van der Waals surface area contributed by atoms with Crippen LogP contribution in [0.3, 0.4) is 0 Å². The van der Waals surface area contributed by atoms with Gasteiger partial charge in [-0.3, -0.25) is 9.69 Å². The van der Waals surface area contributed by atoms with Gasteiger partial charge in [0.1, 0.15) is 11.6 Å². The van der Waals surface area contributed by atoms with Gasteiger partial charge in [0.25, 0.3) is 0 Å². The van der Waals surface area contributed by atoms with E-state index in [0.717, 1.165) is 12.1 Å². The van der Waals surface area contributed by atoms with Gasteiger partial charge in [-0.1, -0.05) is 0 Å². The summed E-state index contributed by atoms with van der Waals surface area (Å²) >= 11 is 0. The lowest BCUT2D eigenvalue weighted by Crippen LogP contribution is -2.55. The number of nitrogens with zero attached hydrogens (tertiary/aromatic N) is 4. The highest BCUT2D eigenvalue weighted by Crippen LogP contribution is 2.41. The topological polar surface area (TPSA) is 84.7 Å². The van der Waals surface area contributed by atoms with E-state index in [1.165, 1.54) is 16.4 Å². The molecule has 1 amide bonds. The highest BCUT2D eigenvalue weighted by atomic mass is 32.2.